The van der Waals surface area contributed by atoms with Crippen molar-refractivity contribution in [2.75, 3.05) is 0 Å². The summed E-state index contributed by atoms with van der Waals surface area (Å²) in [5, 5.41) is 9.88. The summed E-state index contributed by atoms with van der Waals surface area (Å²) >= 11 is 3.12. The SMILES string of the molecule is OC(Cc1cccc(F)c1F)c1ccoc1Br. The first kappa shape index (κ1) is 12.3. The van der Waals surface area contributed by atoms with Gasteiger partial charge < -0.3 is 9.52 Å². The Morgan fingerprint density at radius 1 is 1.29 bits per heavy atom. The van der Waals surface area contributed by atoms with Gasteiger partial charge in [-0.25, -0.2) is 8.78 Å². The Morgan fingerprint density at radius 3 is 2.71 bits per heavy atom. The summed E-state index contributed by atoms with van der Waals surface area (Å²) in [6.45, 7) is 0. The molecule has 1 unspecified atom stereocenters. The van der Waals surface area contributed by atoms with E-state index >= 15 is 0 Å². The van der Waals surface area contributed by atoms with Crippen molar-refractivity contribution in [2.45, 2.75) is 12.5 Å². The maximum Gasteiger partial charge on any atom is 0.174 e. The maximum atomic E-state index is 13.4. The van der Waals surface area contributed by atoms with E-state index in [0.717, 1.165) is 6.07 Å². The molecule has 0 amide bonds. The van der Waals surface area contributed by atoms with Gasteiger partial charge in [-0.05, 0) is 33.6 Å². The van der Waals surface area contributed by atoms with Crippen LogP contribution in [0.1, 0.15) is 17.2 Å². The van der Waals surface area contributed by atoms with Gasteiger partial charge in [0.1, 0.15) is 0 Å². The molecule has 1 N–H and O–H groups in total. The van der Waals surface area contributed by atoms with Gasteiger partial charge in [-0.2, -0.15) is 0 Å². The first-order valence-electron chi connectivity index (χ1n) is 4.93. The molecule has 0 aliphatic heterocycles. The molecule has 1 atom stereocenters. The number of hydrogen-bond acceptors (Lipinski definition) is 2. The Balaban J connectivity index is 2.22. The van der Waals surface area contributed by atoms with E-state index in [2.05, 4.69) is 15.9 Å². The molecule has 0 radical (unpaired) electrons. The molecule has 2 rings (SSSR count). The van der Waals surface area contributed by atoms with Crippen molar-refractivity contribution in [1.82, 2.24) is 0 Å². The number of hydrogen-bond donors (Lipinski definition) is 1. The van der Waals surface area contributed by atoms with E-state index in [1.807, 2.05) is 0 Å². The number of benzene rings is 1. The van der Waals surface area contributed by atoms with Crippen molar-refractivity contribution in [1.29, 1.82) is 0 Å². The summed E-state index contributed by atoms with van der Waals surface area (Å²) in [6, 6.07) is 5.46. The minimum Gasteiger partial charge on any atom is -0.457 e. The molecule has 0 saturated carbocycles. The summed E-state index contributed by atoms with van der Waals surface area (Å²) in [4.78, 5) is 0. The maximum absolute atomic E-state index is 13.4. The summed E-state index contributed by atoms with van der Waals surface area (Å²) in [7, 11) is 0. The van der Waals surface area contributed by atoms with E-state index in [-0.39, 0.29) is 12.0 Å². The molecule has 0 aliphatic carbocycles. The molecule has 5 heteroatoms. The van der Waals surface area contributed by atoms with E-state index in [1.54, 1.807) is 6.07 Å². The second kappa shape index (κ2) is 4.98. The summed E-state index contributed by atoms with van der Waals surface area (Å²) in [5.41, 5.74) is 0.638. The van der Waals surface area contributed by atoms with Crippen LogP contribution in [0.25, 0.3) is 0 Å². The lowest BCUT2D eigenvalue weighted by molar-refractivity contribution is 0.174. The summed E-state index contributed by atoms with van der Waals surface area (Å²) < 4.78 is 31.7. The van der Waals surface area contributed by atoms with Gasteiger partial charge in [0.15, 0.2) is 16.3 Å². The van der Waals surface area contributed by atoms with Gasteiger partial charge >= 0.3 is 0 Å². The number of halogens is 3. The third kappa shape index (κ3) is 2.56. The van der Waals surface area contributed by atoms with Gasteiger partial charge in [0.25, 0.3) is 0 Å². The molecule has 0 spiro atoms. The number of aliphatic hydroxyl groups is 1. The molecular weight excluding hydrogens is 294 g/mol. The third-order valence-electron chi connectivity index (χ3n) is 2.45. The Labute approximate surface area is 105 Å². The van der Waals surface area contributed by atoms with Gasteiger partial charge in [-0.1, -0.05) is 12.1 Å². The Morgan fingerprint density at radius 2 is 2.06 bits per heavy atom. The van der Waals surface area contributed by atoms with Crippen molar-refractivity contribution in [2.24, 2.45) is 0 Å². The molecule has 0 saturated heterocycles. The van der Waals surface area contributed by atoms with Crippen molar-refractivity contribution in [3.63, 3.8) is 0 Å². The highest BCUT2D eigenvalue weighted by atomic mass is 79.9. The quantitative estimate of drug-likeness (QED) is 0.940. The Bertz CT molecular complexity index is 525. The lowest BCUT2D eigenvalue weighted by Crippen LogP contribution is -2.04. The zero-order valence-electron chi connectivity index (χ0n) is 8.66. The number of furan rings is 1. The second-order valence-electron chi connectivity index (χ2n) is 3.58. The topological polar surface area (TPSA) is 33.4 Å². The first-order valence-corrected chi connectivity index (χ1v) is 5.72. The van der Waals surface area contributed by atoms with E-state index in [9.17, 15) is 13.9 Å². The summed E-state index contributed by atoms with van der Waals surface area (Å²) in [6.07, 6.45) is 0.450. The highest BCUT2D eigenvalue weighted by molar-refractivity contribution is 9.10. The fourth-order valence-corrected chi connectivity index (χ4v) is 2.07. The number of aliphatic hydroxyl groups excluding tert-OH is 1. The van der Waals surface area contributed by atoms with Crippen molar-refractivity contribution < 1.29 is 18.3 Å². The highest BCUT2D eigenvalue weighted by Crippen LogP contribution is 2.27. The number of rotatable bonds is 3. The average Bonchev–Trinajstić information content (AvgIpc) is 2.71. The van der Waals surface area contributed by atoms with Gasteiger partial charge in [0, 0.05) is 12.0 Å². The monoisotopic (exact) mass is 302 g/mol. The van der Waals surface area contributed by atoms with Crippen LogP contribution in [0.4, 0.5) is 8.78 Å². The third-order valence-corrected chi connectivity index (χ3v) is 3.09. The fourth-order valence-electron chi connectivity index (χ4n) is 1.57. The average molecular weight is 303 g/mol. The molecule has 1 aromatic heterocycles. The van der Waals surface area contributed by atoms with Gasteiger partial charge in [0.2, 0.25) is 0 Å². The molecule has 1 aromatic carbocycles. The molecule has 0 fully saturated rings. The largest absolute Gasteiger partial charge is 0.457 e. The van der Waals surface area contributed by atoms with Crippen LogP contribution in [0, 0.1) is 11.6 Å². The molecule has 0 bridgehead atoms. The Hall–Kier alpha value is -1.20. The van der Waals surface area contributed by atoms with Crippen LogP contribution in [0.15, 0.2) is 39.6 Å². The van der Waals surface area contributed by atoms with Crippen LogP contribution in [0.5, 0.6) is 0 Å². The highest BCUT2D eigenvalue weighted by Gasteiger charge is 2.17. The second-order valence-corrected chi connectivity index (χ2v) is 4.30. The normalized spacial score (nSPS) is 12.7. The van der Waals surface area contributed by atoms with Gasteiger partial charge in [-0.15, -0.1) is 0 Å². The van der Waals surface area contributed by atoms with E-state index in [0.29, 0.717) is 10.2 Å². The predicted molar refractivity (Wildman–Crippen MR) is 61.4 cm³/mol. The molecule has 90 valence electrons. The predicted octanol–water partition coefficient (Wildman–Crippen LogP) is 3.60. The standard InChI is InChI=1S/C12H9BrF2O2/c13-12-8(4-5-17-12)10(16)6-7-2-1-3-9(14)11(7)15/h1-5,10,16H,6H2. The van der Waals surface area contributed by atoms with E-state index < -0.39 is 17.7 Å². The van der Waals surface area contributed by atoms with Crippen LogP contribution < -0.4 is 0 Å². The lowest BCUT2D eigenvalue weighted by atomic mass is 10.0. The van der Waals surface area contributed by atoms with Crippen LogP contribution in [-0.2, 0) is 6.42 Å². The molecule has 17 heavy (non-hydrogen) atoms. The van der Waals surface area contributed by atoms with Crippen molar-refractivity contribution in [3.05, 3.63) is 58.0 Å². The zero-order valence-corrected chi connectivity index (χ0v) is 10.2. The van der Waals surface area contributed by atoms with Crippen molar-refractivity contribution >= 4 is 15.9 Å². The van der Waals surface area contributed by atoms with Gasteiger partial charge in [-0.3, -0.25) is 0 Å². The lowest BCUT2D eigenvalue weighted by Gasteiger charge is -2.10. The molecule has 0 aliphatic rings. The zero-order chi connectivity index (χ0) is 12.4. The minimum absolute atomic E-state index is 0.0122. The van der Waals surface area contributed by atoms with Gasteiger partial charge in [0.05, 0.1) is 12.4 Å². The minimum atomic E-state index is -0.945. The molecule has 2 aromatic rings. The molecule has 2 nitrogen and oxygen atoms in total. The van der Waals surface area contributed by atoms with Crippen molar-refractivity contribution in [3.8, 4) is 0 Å². The van der Waals surface area contributed by atoms with Crippen LogP contribution in [0.3, 0.4) is 0 Å². The smallest absolute Gasteiger partial charge is 0.174 e. The van der Waals surface area contributed by atoms with E-state index in [4.69, 9.17) is 4.42 Å². The van der Waals surface area contributed by atoms with E-state index in [1.165, 1.54) is 18.4 Å². The van der Waals surface area contributed by atoms with Crippen LogP contribution >= 0.6 is 15.9 Å². The molecular formula is C12H9BrF2O2. The first-order chi connectivity index (χ1) is 8.09. The molecule has 1 heterocycles. The van der Waals surface area contributed by atoms with Crippen LogP contribution in [-0.4, -0.2) is 5.11 Å². The Kier molecular flexibility index (Phi) is 3.59. The van der Waals surface area contributed by atoms with Crippen LogP contribution in [0.2, 0.25) is 0 Å². The fraction of sp³-hybridized carbons (Fsp3) is 0.167. The summed E-state index contributed by atoms with van der Waals surface area (Å²) in [5.74, 6) is -1.84.